The molecule has 2 aromatic rings. The Kier molecular flexibility index (Phi) is 2.37. The molecule has 4 nitrogen and oxygen atoms in total. The molecule has 0 unspecified atom stereocenters. The van der Waals surface area contributed by atoms with E-state index in [1.807, 2.05) is 6.92 Å². The van der Waals surface area contributed by atoms with Crippen molar-refractivity contribution in [3.05, 3.63) is 46.4 Å². The van der Waals surface area contributed by atoms with Crippen molar-refractivity contribution in [1.29, 1.82) is 0 Å². The van der Waals surface area contributed by atoms with Crippen molar-refractivity contribution in [2.75, 3.05) is 0 Å². The van der Waals surface area contributed by atoms with Crippen LogP contribution in [0.3, 0.4) is 0 Å². The third-order valence-electron chi connectivity index (χ3n) is 2.11. The number of aromatic nitrogens is 3. The van der Waals surface area contributed by atoms with Gasteiger partial charge in [0, 0.05) is 6.42 Å². The molecule has 2 rings (SSSR count). The van der Waals surface area contributed by atoms with Gasteiger partial charge in [0.2, 0.25) is 0 Å². The molecule has 0 amide bonds. The fraction of sp³-hybridized carbons (Fsp3) is 0.200. The first-order chi connectivity index (χ1) is 7.22. The molecule has 0 saturated carbocycles. The molecule has 1 aromatic heterocycles. The maximum absolute atomic E-state index is 13.4. The normalized spacial score (nSPS) is 10.5. The second-order valence-corrected chi connectivity index (χ2v) is 3.09. The van der Waals surface area contributed by atoms with Crippen LogP contribution in [0.4, 0.5) is 4.39 Å². The van der Waals surface area contributed by atoms with Gasteiger partial charge in [-0.1, -0.05) is 19.1 Å². The summed E-state index contributed by atoms with van der Waals surface area (Å²) in [6.07, 6.45) is 0.563. The van der Waals surface area contributed by atoms with Gasteiger partial charge in [0.05, 0.1) is 0 Å². The van der Waals surface area contributed by atoms with E-state index in [4.69, 9.17) is 0 Å². The van der Waals surface area contributed by atoms with E-state index < -0.39 is 5.69 Å². The van der Waals surface area contributed by atoms with E-state index in [1.54, 1.807) is 18.2 Å². The summed E-state index contributed by atoms with van der Waals surface area (Å²) in [6, 6.07) is 6.23. The van der Waals surface area contributed by atoms with Crippen LogP contribution in [0.5, 0.6) is 0 Å². The standard InChI is InChI=1S/C10H10FN3O/c1-2-9-12-10(15)13-14(9)8-6-4-3-5-7(8)11/h3-6H,2H2,1H3,(H,13,15). The Morgan fingerprint density at radius 2 is 2.20 bits per heavy atom. The first kappa shape index (κ1) is 9.64. The Balaban J connectivity index is 2.63. The van der Waals surface area contributed by atoms with Crippen molar-refractivity contribution >= 4 is 0 Å². The van der Waals surface area contributed by atoms with Crippen LogP contribution >= 0.6 is 0 Å². The van der Waals surface area contributed by atoms with E-state index in [-0.39, 0.29) is 5.82 Å². The van der Waals surface area contributed by atoms with Crippen LogP contribution in [-0.2, 0) is 6.42 Å². The highest BCUT2D eigenvalue weighted by Crippen LogP contribution is 2.12. The van der Waals surface area contributed by atoms with Crippen molar-refractivity contribution in [2.24, 2.45) is 0 Å². The van der Waals surface area contributed by atoms with Crippen molar-refractivity contribution in [3.63, 3.8) is 0 Å². The number of nitrogens with zero attached hydrogens (tertiary/aromatic N) is 2. The number of benzene rings is 1. The van der Waals surface area contributed by atoms with Gasteiger partial charge in [-0.25, -0.2) is 19.0 Å². The maximum Gasteiger partial charge on any atom is 0.361 e. The third kappa shape index (κ3) is 1.68. The van der Waals surface area contributed by atoms with Gasteiger partial charge in [0.1, 0.15) is 17.3 Å². The smallest absolute Gasteiger partial charge is 0.244 e. The number of nitrogens with one attached hydrogen (secondary N) is 1. The average Bonchev–Trinajstić information content (AvgIpc) is 2.60. The van der Waals surface area contributed by atoms with Crippen LogP contribution in [0, 0.1) is 5.82 Å². The Hall–Kier alpha value is -1.91. The summed E-state index contributed by atoms with van der Waals surface area (Å²) in [6.45, 7) is 1.85. The number of aromatic amines is 1. The van der Waals surface area contributed by atoms with E-state index in [9.17, 15) is 9.18 Å². The zero-order valence-electron chi connectivity index (χ0n) is 8.20. The highest BCUT2D eigenvalue weighted by atomic mass is 19.1. The second-order valence-electron chi connectivity index (χ2n) is 3.09. The molecule has 0 aliphatic heterocycles. The summed E-state index contributed by atoms with van der Waals surface area (Å²) in [5.41, 5.74) is -0.154. The average molecular weight is 207 g/mol. The summed E-state index contributed by atoms with van der Waals surface area (Å²) in [5, 5.41) is 2.46. The summed E-state index contributed by atoms with van der Waals surface area (Å²) in [5.74, 6) is 0.131. The molecule has 1 heterocycles. The molecule has 1 N–H and O–H groups in total. The lowest BCUT2D eigenvalue weighted by Crippen LogP contribution is -2.07. The van der Waals surface area contributed by atoms with Crippen LogP contribution in [0.15, 0.2) is 29.1 Å². The van der Waals surface area contributed by atoms with Crippen molar-refractivity contribution in [1.82, 2.24) is 14.8 Å². The fourth-order valence-electron chi connectivity index (χ4n) is 1.42. The Bertz CT molecular complexity index is 529. The van der Waals surface area contributed by atoms with Crippen LogP contribution in [-0.4, -0.2) is 14.8 Å². The summed E-state index contributed by atoms with van der Waals surface area (Å²) >= 11 is 0. The Morgan fingerprint density at radius 3 is 2.87 bits per heavy atom. The minimum absolute atomic E-state index is 0.309. The Labute approximate surface area is 85.4 Å². The van der Waals surface area contributed by atoms with Crippen molar-refractivity contribution < 1.29 is 4.39 Å². The van der Waals surface area contributed by atoms with Crippen molar-refractivity contribution in [2.45, 2.75) is 13.3 Å². The number of aryl methyl sites for hydroxylation is 1. The number of para-hydroxylation sites is 1. The molecular weight excluding hydrogens is 197 g/mol. The Morgan fingerprint density at radius 1 is 1.47 bits per heavy atom. The predicted octanol–water partition coefficient (Wildman–Crippen LogP) is 1.26. The molecule has 5 heteroatoms. The van der Waals surface area contributed by atoms with Crippen LogP contribution < -0.4 is 5.69 Å². The van der Waals surface area contributed by atoms with E-state index in [1.165, 1.54) is 10.7 Å². The largest absolute Gasteiger partial charge is 0.361 e. The first-order valence-electron chi connectivity index (χ1n) is 4.65. The van der Waals surface area contributed by atoms with Gasteiger partial charge in [0.25, 0.3) is 0 Å². The van der Waals surface area contributed by atoms with E-state index in [0.29, 0.717) is 17.9 Å². The highest BCUT2D eigenvalue weighted by Gasteiger charge is 2.09. The van der Waals surface area contributed by atoms with Gasteiger partial charge in [-0.3, -0.25) is 0 Å². The van der Waals surface area contributed by atoms with E-state index in [0.717, 1.165) is 0 Å². The molecule has 15 heavy (non-hydrogen) atoms. The SMILES string of the molecule is CCc1nc(=O)[nH]n1-c1ccccc1F. The zero-order valence-corrected chi connectivity index (χ0v) is 8.20. The predicted molar refractivity (Wildman–Crippen MR) is 53.5 cm³/mol. The molecule has 78 valence electrons. The van der Waals surface area contributed by atoms with Crippen LogP contribution in [0.25, 0.3) is 5.69 Å². The highest BCUT2D eigenvalue weighted by molar-refractivity contribution is 5.32. The lowest BCUT2D eigenvalue weighted by molar-refractivity contribution is 0.605. The van der Waals surface area contributed by atoms with Crippen LogP contribution in [0.1, 0.15) is 12.7 Å². The summed E-state index contributed by atoms with van der Waals surface area (Å²) in [7, 11) is 0. The lowest BCUT2D eigenvalue weighted by atomic mass is 10.3. The van der Waals surface area contributed by atoms with Gasteiger partial charge in [-0.05, 0) is 12.1 Å². The third-order valence-corrected chi connectivity index (χ3v) is 2.11. The van der Waals surface area contributed by atoms with Crippen molar-refractivity contribution in [3.8, 4) is 5.69 Å². The van der Waals surface area contributed by atoms with Gasteiger partial charge >= 0.3 is 5.69 Å². The van der Waals surface area contributed by atoms with Crippen LogP contribution in [0.2, 0.25) is 0 Å². The molecule has 0 fully saturated rings. The topological polar surface area (TPSA) is 50.7 Å². The molecule has 0 saturated heterocycles. The fourth-order valence-corrected chi connectivity index (χ4v) is 1.42. The number of halogens is 1. The molecule has 0 atom stereocenters. The molecule has 1 aromatic carbocycles. The number of hydrogen-bond donors (Lipinski definition) is 1. The molecule has 0 spiro atoms. The maximum atomic E-state index is 13.4. The second kappa shape index (κ2) is 3.68. The summed E-state index contributed by atoms with van der Waals surface area (Å²) < 4.78 is 14.8. The molecule has 0 aliphatic rings. The number of hydrogen-bond acceptors (Lipinski definition) is 2. The molecular formula is C10H10FN3O. The molecule has 0 radical (unpaired) electrons. The summed E-state index contributed by atoms with van der Waals surface area (Å²) in [4.78, 5) is 14.8. The number of H-pyrrole nitrogens is 1. The quantitative estimate of drug-likeness (QED) is 0.806. The first-order valence-corrected chi connectivity index (χ1v) is 4.65. The monoisotopic (exact) mass is 207 g/mol. The van der Waals surface area contributed by atoms with E-state index >= 15 is 0 Å². The van der Waals surface area contributed by atoms with E-state index in [2.05, 4.69) is 10.1 Å². The molecule has 0 bridgehead atoms. The minimum atomic E-state index is -0.463. The zero-order chi connectivity index (χ0) is 10.8. The van der Waals surface area contributed by atoms with Gasteiger partial charge < -0.3 is 0 Å². The molecule has 0 aliphatic carbocycles. The number of rotatable bonds is 2. The van der Waals surface area contributed by atoms with Gasteiger partial charge in [-0.15, -0.1) is 0 Å². The minimum Gasteiger partial charge on any atom is -0.244 e. The van der Waals surface area contributed by atoms with Gasteiger partial charge in [0.15, 0.2) is 0 Å². The lowest BCUT2D eigenvalue weighted by Gasteiger charge is -2.05. The van der Waals surface area contributed by atoms with Gasteiger partial charge in [-0.2, -0.15) is 4.98 Å².